The summed E-state index contributed by atoms with van der Waals surface area (Å²) in [5.41, 5.74) is 8.57. The van der Waals surface area contributed by atoms with Crippen LogP contribution >= 0.6 is 0 Å². The van der Waals surface area contributed by atoms with Crippen molar-refractivity contribution in [1.29, 1.82) is 0 Å². The Kier molecular flexibility index (Phi) is 7.04. The third kappa shape index (κ3) is 5.68. The number of benzene rings is 1. The molecule has 18 heavy (non-hydrogen) atoms. The fourth-order valence-corrected chi connectivity index (χ4v) is 2.02. The molecule has 2 N–H and O–H groups in total. The van der Waals surface area contributed by atoms with Gasteiger partial charge in [-0.1, -0.05) is 51.5 Å². The van der Waals surface area contributed by atoms with E-state index >= 15 is 0 Å². The van der Waals surface area contributed by atoms with E-state index < -0.39 is 0 Å². The average Bonchev–Trinajstić information content (AvgIpc) is 2.43. The molecule has 0 radical (unpaired) electrons. The van der Waals surface area contributed by atoms with Crippen LogP contribution in [0, 0.1) is 11.8 Å². The van der Waals surface area contributed by atoms with E-state index in [0.29, 0.717) is 5.92 Å². The standard InChI is InChI=1S/C17H29N/c1-4-14(2)5-7-16-9-11-17(12-10-16)8-6-15(3)13-18/h9-12,14-15H,4-8,13,18H2,1-3H3. The minimum atomic E-state index is 0.634. The van der Waals surface area contributed by atoms with Crippen LogP contribution < -0.4 is 5.73 Å². The number of hydrogen-bond acceptors (Lipinski definition) is 1. The Morgan fingerprint density at radius 2 is 1.33 bits per heavy atom. The molecule has 0 aliphatic rings. The van der Waals surface area contributed by atoms with Crippen LogP contribution in [0.4, 0.5) is 0 Å². The van der Waals surface area contributed by atoms with Gasteiger partial charge in [0.2, 0.25) is 0 Å². The second-order valence-electron chi connectivity index (χ2n) is 5.75. The second-order valence-corrected chi connectivity index (χ2v) is 5.75. The Morgan fingerprint density at radius 1 is 0.889 bits per heavy atom. The van der Waals surface area contributed by atoms with E-state index in [9.17, 15) is 0 Å². The monoisotopic (exact) mass is 247 g/mol. The Hall–Kier alpha value is -0.820. The minimum Gasteiger partial charge on any atom is -0.330 e. The van der Waals surface area contributed by atoms with Crippen molar-refractivity contribution in [2.75, 3.05) is 6.54 Å². The molecule has 0 amide bonds. The number of rotatable bonds is 8. The summed E-state index contributed by atoms with van der Waals surface area (Å²) in [6.07, 6.45) is 6.16. The molecule has 2 atom stereocenters. The number of hydrogen-bond donors (Lipinski definition) is 1. The lowest BCUT2D eigenvalue weighted by atomic mass is 9.97. The van der Waals surface area contributed by atoms with E-state index in [1.165, 1.54) is 36.8 Å². The number of nitrogens with two attached hydrogens (primary N) is 1. The normalized spacial score (nSPS) is 14.4. The molecule has 0 fully saturated rings. The van der Waals surface area contributed by atoms with Crippen LogP contribution in [0.25, 0.3) is 0 Å². The lowest BCUT2D eigenvalue weighted by Gasteiger charge is -2.10. The van der Waals surface area contributed by atoms with Crippen LogP contribution in [0.3, 0.4) is 0 Å². The Labute approximate surface area is 113 Å². The summed E-state index contributed by atoms with van der Waals surface area (Å²) in [5, 5.41) is 0. The van der Waals surface area contributed by atoms with Gasteiger partial charge in [-0.3, -0.25) is 0 Å². The summed E-state index contributed by atoms with van der Waals surface area (Å²) in [6, 6.07) is 9.17. The molecule has 0 aliphatic carbocycles. The highest BCUT2D eigenvalue weighted by Crippen LogP contribution is 2.14. The maximum atomic E-state index is 5.64. The highest BCUT2D eigenvalue weighted by atomic mass is 14.5. The molecule has 1 heteroatoms. The summed E-state index contributed by atoms with van der Waals surface area (Å²) in [5.74, 6) is 1.48. The Bertz CT molecular complexity index is 282. The van der Waals surface area contributed by atoms with E-state index in [4.69, 9.17) is 5.73 Å². The third-order valence-electron chi connectivity index (χ3n) is 3.97. The molecule has 1 aromatic rings. The Balaban J connectivity index is 2.37. The lowest BCUT2D eigenvalue weighted by Crippen LogP contribution is -2.11. The predicted molar refractivity (Wildman–Crippen MR) is 80.8 cm³/mol. The summed E-state index contributed by atoms with van der Waals surface area (Å²) in [7, 11) is 0. The maximum Gasteiger partial charge on any atom is -0.00514 e. The van der Waals surface area contributed by atoms with Gasteiger partial charge < -0.3 is 5.73 Å². The quantitative estimate of drug-likeness (QED) is 0.732. The fraction of sp³-hybridized carbons (Fsp3) is 0.647. The maximum absolute atomic E-state index is 5.64. The topological polar surface area (TPSA) is 26.0 Å². The van der Waals surface area contributed by atoms with Gasteiger partial charge in [-0.15, -0.1) is 0 Å². The van der Waals surface area contributed by atoms with Gasteiger partial charge in [-0.25, -0.2) is 0 Å². The minimum absolute atomic E-state index is 0.634. The van der Waals surface area contributed by atoms with Crippen molar-refractivity contribution in [3.8, 4) is 0 Å². The second kappa shape index (κ2) is 8.31. The molecule has 0 heterocycles. The van der Waals surface area contributed by atoms with E-state index in [-0.39, 0.29) is 0 Å². The smallest absolute Gasteiger partial charge is 0.00514 e. The zero-order valence-corrected chi connectivity index (χ0v) is 12.3. The summed E-state index contributed by atoms with van der Waals surface area (Å²) in [4.78, 5) is 0. The zero-order valence-electron chi connectivity index (χ0n) is 12.3. The summed E-state index contributed by atoms with van der Waals surface area (Å²) in [6.45, 7) is 7.63. The van der Waals surface area contributed by atoms with Crippen molar-refractivity contribution in [3.63, 3.8) is 0 Å². The summed E-state index contributed by atoms with van der Waals surface area (Å²) < 4.78 is 0. The Morgan fingerprint density at radius 3 is 1.72 bits per heavy atom. The lowest BCUT2D eigenvalue weighted by molar-refractivity contribution is 0.516. The van der Waals surface area contributed by atoms with E-state index in [1.807, 2.05) is 0 Å². The van der Waals surface area contributed by atoms with Crippen molar-refractivity contribution < 1.29 is 0 Å². The molecule has 1 rings (SSSR count). The van der Waals surface area contributed by atoms with E-state index in [1.54, 1.807) is 0 Å². The van der Waals surface area contributed by atoms with Crippen molar-refractivity contribution in [3.05, 3.63) is 35.4 Å². The van der Waals surface area contributed by atoms with E-state index in [2.05, 4.69) is 45.0 Å². The van der Waals surface area contributed by atoms with Crippen LogP contribution in [-0.2, 0) is 12.8 Å². The molecule has 102 valence electrons. The van der Waals surface area contributed by atoms with Crippen LogP contribution in [0.5, 0.6) is 0 Å². The first-order valence-corrected chi connectivity index (χ1v) is 7.43. The molecule has 0 aromatic heterocycles. The van der Waals surface area contributed by atoms with Gasteiger partial charge in [-0.2, -0.15) is 0 Å². The van der Waals surface area contributed by atoms with Crippen molar-refractivity contribution in [2.45, 2.75) is 52.9 Å². The van der Waals surface area contributed by atoms with Gasteiger partial charge in [0.05, 0.1) is 0 Å². The van der Waals surface area contributed by atoms with E-state index in [0.717, 1.165) is 18.9 Å². The molecule has 1 aromatic carbocycles. The van der Waals surface area contributed by atoms with Gasteiger partial charge >= 0.3 is 0 Å². The van der Waals surface area contributed by atoms with Crippen LogP contribution in [0.1, 0.15) is 51.2 Å². The predicted octanol–water partition coefficient (Wildman–Crippen LogP) is 4.19. The number of aryl methyl sites for hydroxylation is 2. The molecular weight excluding hydrogens is 218 g/mol. The highest BCUT2D eigenvalue weighted by molar-refractivity contribution is 5.22. The van der Waals surface area contributed by atoms with Crippen molar-refractivity contribution in [1.82, 2.24) is 0 Å². The summed E-state index contributed by atoms with van der Waals surface area (Å²) >= 11 is 0. The molecule has 1 nitrogen and oxygen atoms in total. The zero-order chi connectivity index (χ0) is 13.4. The van der Waals surface area contributed by atoms with Gasteiger partial charge in [0.1, 0.15) is 0 Å². The van der Waals surface area contributed by atoms with Gasteiger partial charge in [0.25, 0.3) is 0 Å². The van der Waals surface area contributed by atoms with Crippen LogP contribution in [0.2, 0.25) is 0 Å². The first-order chi connectivity index (χ1) is 8.65. The molecule has 0 spiro atoms. The molecule has 0 aliphatic heterocycles. The van der Waals surface area contributed by atoms with Crippen LogP contribution in [-0.4, -0.2) is 6.54 Å². The SMILES string of the molecule is CCC(C)CCc1ccc(CCC(C)CN)cc1. The largest absolute Gasteiger partial charge is 0.330 e. The van der Waals surface area contributed by atoms with Crippen molar-refractivity contribution in [2.24, 2.45) is 17.6 Å². The van der Waals surface area contributed by atoms with Crippen LogP contribution in [0.15, 0.2) is 24.3 Å². The van der Waals surface area contributed by atoms with Gasteiger partial charge in [0.15, 0.2) is 0 Å². The fourth-order valence-electron chi connectivity index (χ4n) is 2.02. The third-order valence-corrected chi connectivity index (χ3v) is 3.97. The average molecular weight is 247 g/mol. The molecular formula is C17H29N. The first-order valence-electron chi connectivity index (χ1n) is 7.43. The first kappa shape index (κ1) is 15.2. The molecule has 2 unspecified atom stereocenters. The van der Waals surface area contributed by atoms with Gasteiger partial charge in [-0.05, 0) is 55.2 Å². The van der Waals surface area contributed by atoms with Gasteiger partial charge in [0, 0.05) is 0 Å². The van der Waals surface area contributed by atoms with Crippen molar-refractivity contribution >= 4 is 0 Å². The molecule has 0 bridgehead atoms. The molecule has 0 saturated carbocycles. The molecule has 0 saturated heterocycles. The highest BCUT2D eigenvalue weighted by Gasteiger charge is 2.02.